The van der Waals surface area contributed by atoms with Crippen LogP contribution < -0.4 is 20.1 Å². The molecule has 0 atom stereocenters. The highest BCUT2D eigenvalue weighted by atomic mass is 127. The SMILES string of the molecule is CCOc1cc(CNc2cccc([N+](=O)[O-])c2)cc(I)c1OCC(=O)Nc1ccccc1. The molecule has 3 aromatic rings. The van der Waals surface area contributed by atoms with Crippen molar-refractivity contribution < 1.29 is 19.2 Å². The van der Waals surface area contributed by atoms with E-state index in [2.05, 4.69) is 33.2 Å². The minimum atomic E-state index is -0.429. The summed E-state index contributed by atoms with van der Waals surface area (Å²) in [5, 5.41) is 16.9. The Labute approximate surface area is 199 Å². The Balaban J connectivity index is 1.68. The number of carbonyl (C=O) groups is 1. The number of halogens is 1. The molecule has 32 heavy (non-hydrogen) atoms. The molecule has 0 aliphatic rings. The second-order valence-electron chi connectivity index (χ2n) is 6.70. The van der Waals surface area contributed by atoms with Crippen molar-refractivity contribution in [1.82, 2.24) is 0 Å². The molecule has 0 saturated heterocycles. The summed E-state index contributed by atoms with van der Waals surface area (Å²) in [7, 11) is 0. The van der Waals surface area contributed by atoms with Crippen molar-refractivity contribution in [1.29, 1.82) is 0 Å². The van der Waals surface area contributed by atoms with Gasteiger partial charge in [-0.3, -0.25) is 14.9 Å². The predicted molar refractivity (Wildman–Crippen MR) is 131 cm³/mol. The van der Waals surface area contributed by atoms with Gasteiger partial charge in [-0.15, -0.1) is 0 Å². The van der Waals surface area contributed by atoms with Crippen LogP contribution >= 0.6 is 22.6 Å². The average molecular weight is 547 g/mol. The van der Waals surface area contributed by atoms with Crippen LogP contribution in [0.4, 0.5) is 17.1 Å². The second kappa shape index (κ2) is 11.3. The molecule has 166 valence electrons. The van der Waals surface area contributed by atoms with E-state index in [1.165, 1.54) is 12.1 Å². The van der Waals surface area contributed by atoms with Crippen molar-refractivity contribution in [3.05, 3.63) is 86.0 Å². The molecule has 0 aliphatic carbocycles. The zero-order valence-corrected chi connectivity index (χ0v) is 19.5. The maximum absolute atomic E-state index is 12.2. The number of amides is 1. The molecule has 3 aromatic carbocycles. The zero-order valence-electron chi connectivity index (χ0n) is 17.3. The van der Waals surface area contributed by atoms with Gasteiger partial charge in [0.2, 0.25) is 0 Å². The highest BCUT2D eigenvalue weighted by Gasteiger charge is 2.15. The van der Waals surface area contributed by atoms with Gasteiger partial charge in [0.05, 0.1) is 15.1 Å². The third-order valence-corrected chi connectivity index (χ3v) is 5.13. The lowest BCUT2D eigenvalue weighted by Crippen LogP contribution is -2.20. The molecule has 0 unspecified atom stereocenters. The van der Waals surface area contributed by atoms with Crippen LogP contribution in [0.5, 0.6) is 11.5 Å². The normalized spacial score (nSPS) is 10.3. The molecule has 0 radical (unpaired) electrons. The van der Waals surface area contributed by atoms with Crippen LogP contribution in [0.3, 0.4) is 0 Å². The summed E-state index contributed by atoms with van der Waals surface area (Å²) in [4.78, 5) is 22.8. The van der Waals surface area contributed by atoms with Crippen LogP contribution in [0.2, 0.25) is 0 Å². The van der Waals surface area contributed by atoms with Crippen molar-refractivity contribution >= 4 is 45.6 Å². The van der Waals surface area contributed by atoms with E-state index in [9.17, 15) is 14.9 Å². The first-order valence-corrected chi connectivity index (χ1v) is 11.0. The van der Waals surface area contributed by atoms with Crippen LogP contribution in [-0.2, 0) is 11.3 Å². The monoisotopic (exact) mass is 547 g/mol. The third kappa shape index (κ3) is 6.58. The molecule has 0 spiro atoms. The van der Waals surface area contributed by atoms with Gasteiger partial charge in [0.25, 0.3) is 11.6 Å². The Hall–Kier alpha value is -3.34. The highest BCUT2D eigenvalue weighted by Crippen LogP contribution is 2.34. The lowest BCUT2D eigenvalue weighted by atomic mass is 10.2. The standard InChI is InChI=1S/C23H22IN3O5/c1-2-31-21-12-16(14-25-18-9-6-10-19(13-18)27(29)30)11-20(24)23(21)32-15-22(28)26-17-7-4-3-5-8-17/h3-13,25H,2,14-15H2,1H3,(H,26,28). The number of anilines is 2. The number of hydrogen-bond acceptors (Lipinski definition) is 6. The number of non-ortho nitro benzene ring substituents is 1. The van der Waals surface area contributed by atoms with E-state index in [1.54, 1.807) is 24.3 Å². The largest absolute Gasteiger partial charge is 0.490 e. The molecule has 0 aliphatic heterocycles. The molecule has 9 heteroatoms. The molecule has 3 rings (SSSR count). The summed E-state index contributed by atoms with van der Waals surface area (Å²) in [6, 6.07) is 19.2. The van der Waals surface area contributed by atoms with Crippen LogP contribution in [0.25, 0.3) is 0 Å². The number of nitrogens with one attached hydrogen (secondary N) is 2. The molecular weight excluding hydrogens is 525 g/mol. The van der Waals surface area contributed by atoms with E-state index in [4.69, 9.17) is 9.47 Å². The summed E-state index contributed by atoms with van der Waals surface area (Å²) in [6.45, 7) is 2.58. The van der Waals surface area contributed by atoms with Crippen molar-refractivity contribution in [2.75, 3.05) is 23.8 Å². The van der Waals surface area contributed by atoms with E-state index in [-0.39, 0.29) is 18.2 Å². The Morgan fingerprint density at radius 2 is 1.78 bits per heavy atom. The predicted octanol–water partition coefficient (Wildman–Crippen LogP) is 5.23. The quantitative estimate of drug-likeness (QED) is 0.205. The fourth-order valence-electron chi connectivity index (χ4n) is 2.92. The lowest BCUT2D eigenvalue weighted by Gasteiger charge is -2.16. The van der Waals surface area contributed by atoms with Gasteiger partial charge >= 0.3 is 0 Å². The summed E-state index contributed by atoms with van der Waals surface area (Å²) in [5.41, 5.74) is 2.27. The van der Waals surface area contributed by atoms with E-state index in [1.807, 2.05) is 37.3 Å². The molecule has 2 N–H and O–H groups in total. The number of ether oxygens (including phenoxy) is 2. The molecule has 0 bridgehead atoms. The number of nitro groups is 1. The zero-order chi connectivity index (χ0) is 22.9. The van der Waals surface area contributed by atoms with Gasteiger partial charge in [0, 0.05) is 30.1 Å². The van der Waals surface area contributed by atoms with Crippen molar-refractivity contribution in [3.8, 4) is 11.5 Å². The maximum Gasteiger partial charge on any atom is 0.271 e. The van der Waals surface area contributed by atoms with E-state index >= 15 is 0 Å². The molecule has 1 amide bonds. The molecule has 0 heterocycles. The Kier molecular flexibility index (Phi) is 8.26. The highest BCUT2D eigenvalue weighted by molar-refractivity contribution is 14.1. The number of benzene rings is 3. The van der Waals surface area contributed by atoms with Gasteiger partial charge in [0.15, 0.2) is 18.1 Å². The van der Waals surface area contributed by atoms with E-state index in [0.29, 0.717) is 36.0 Å². The van der Waals surface area contributed by atoms with Crippen molar-refractivity contribution in [2.45, 2.75) is 13.5 Å². The van der Waals surface area contributed by atoms with Crippen LogP contribution in [-0.4, -0.2) is 24.0 Å². The van der Waals surface area contributed by atoms with Gasteiger partial charge in [-0.2, -0.15) is 0 Å². The van der Waals surface area contributed by atoms with Crippen molar-refractivity contribution in [2.24, 2.45) is 0 Å². The van der Waals surface area contributed by atoms with Gasteiger partial charge in [-0.1, -0.05) is 24.3 Å². The van der Waals surface area contributed by atoms with Gasteiger partial charge in [-0.05, 0) is 65.4 Å². The maximum atomic E-state index is 12.2. The number of hydrogen-bond donors (Lipinski definition) is 2. The van der Waals surface area contributed by atoms with Crippen LogP contribution in [0, 0.1) is 13.7 Å². The molecule has 0 saturated carbocycles. The summed E-state index contributed by atoms with van der Waals surface area (Å²) in [6.07, 6.45) is 0. The smallest absolute Gasteiger partial charge is 0.271 e. The first-order valence-electron chi connectivity index (χ1n) is 9.87. The Bertz CT molecular complexity index is 1090. The summed E-state index contributed by atoms with van der Waals surface area (Å²) >= 11 is 2.14. The molecular formula is C23H22IN3O5. The van der Waals surface area contributed by atoms with Gasteiger partial charge in [-0.25, -0.2) is 0 Å². The summed E-state index contributed by atoms with van der Waals surface area (Å²) in [5.74, 6) is 0.753. The van der Waals surface area contributed by atoms with E-state index in [0.717, 1.165) is 9.13 Å². The first kappa shape index (κ1) is 23.3. The number of nitro benzene ring substituents is 1. The second-order valence-corrected chi connectivity index (χ2v) is 7.86. The number of carbonyl (C=O) groups excluding carboxylic acids is 1. The minimum absolute atomic E-state index is 0.0251. The fraction of sp³-hybridized carbons (Fsp3) is 0.174. The van der Waals surface area contributed by atoms with E-state index < -0.39 is 4.92 Å². The Morgan fingerprint density at radius 3 is 2.50 bits per heavy atom. The molecule has 8 nitrogen and oxygen atoms in total. The van der Waals surface area contributed by atoms with Crippen LogP contribution in [0.1, 0.15) is 12.5 Å². The number of nitrogens with zero attached hydrogens (tertiary/aromatic N) is 1. The fourth-order valence-corrected chi connectivity index (χ4v) is 3.74. The average Bonchev–Trinajstić information content (AvgIpc) is 2.78. The number of para-hydroxylation sites is 1. The topological polar surface area (TPSA) is 103 Å². The summed E-state index contributed by atoms with van der Waals surface area (Å²) < 4.78 is 12.3. The first-order chi connectivity index (χ1) is 15.5. The Morgan fingerprint density at radius 1 is 1.03 bits per heavy atom. The van der Waals surface area contributed by atoms with Crippen molar-refractivity contribution in [3.63, 3.8) is 0 Å². The third-order valence-electron chi connectivity index (χ3n) is 4.33. The number of rotatable bonds is 10. The van der Waals surface area contributed by atoms with Crippen LogP contribution in [0.15, 0.2) is 66.7 Å². The van der Waals surface area contributed by atoms with Gasteiger partial charge < -0.3 is 20.1 Å². The van der Waals surface area contributed by atoms with Gasteiger partial charge in [0.1, 0.15) is 0 Å². The lowest BCUT2D eigenvalue weighted by molar-refractivity contribution is -0.384. The minimum Gasteiger partial charge on any atom is -0.490 e. The molecule has 0 aromatic heterocycles. The molecule has 0 fully saturated rings.